The number of amidine groups is 1. The molecule has 0 spiro atoms. The van der Waals surface area contributed by atoms with E-state index in [1.807, 2.05) is 54.6 Å². The van der Waals surface area contributed by atoms with Gasteiger partial charge in [-0.25, -0.2) is 4.99 Å². The number of hydrogen-bond acceptors (Lipinski definition) is 3. The van der Waals surface area contributed by atoms with Crippen LogP contribution in [0.4, 0.5) is 0 Å². The number of carbonyl (C=O) groups excluding carboxylic acids is 1. The number of carbonyl (C=O) groups is 1. The number of aliphatic imine (C=N–C) groups is 1. The molecule has 3 rings (SSSR count). The molecule has 0 aliphatic carbocycles. The zero-order valence-corrected chi connectivity index (χ0v) is 11.5. The molecule has 1 aliphatic heterocycles. The van der Waals surface area contributed by atoms with Crippen LogP contribution in [0.3, 0.4) is 0 Å². The Hall–Kier alpha value is -2.88. The number of amides is 1. The van der Waals surface area contributed by atoms with Crippen molar-refractivity contribution < 1.29 is 9.53 Å². The fourth-order valence-electron chi connectivity index (χ4n) is 2.08. The number of benzene rings is 2. The van der Waals surface area contributed by atoms with E-state index in [1.165, 1.54) is 0 Å². The number of rotatable bonds is 3. The summed E-state index contributed by atoms with van der Waals surface area (Å²) >= 11 is 0. The molecule has 0 saturated heterocycles. The van der Waals surface area contributed by atoms with Gasteiger partial charge < -0.3 is 10.1 Å². The van der Waals surface area contributed by atoms with Gasteiger partial charge in [-0.05, 0) is 23.8 Å². The molecule has 1 aliphatic rings. The van der Waals surface area contributed by atoms with Gasteiger partial charge in [-0.15, -0.1) is 0 Å². The van der Waals surface area contributed by atoms with E-state index >= 15 is 0 Å². The van der Waals surface area contributed by atoms with Crippen molar-refractivity contribution in [2.75, 3.05) is 7.11 Å². The average molecular weight is 278 g/mol. The first-order valence-corrected chi connectivity index (χ1v) is 6.57. The first-order valence-electron chi connectivity index (χ1n) is 6.57. The molecule has 2 aromatic rings. The van der Waals surface area contributed by atoms with Gasteiger partial charge in [0, 0.05) is 5.56 Å². The minimum atomic E-state index is -0.198. The van der Waals surface area contributed by atoms with Gasteiger partial charge in [-0.3, -0.25) is 4.79 Å². The maximum atomic E-state index is 12.0. The molecule has 0 fully saturated rings. The Morgan fingerprint density at radius 2 is 1.90 bits per heavy atom. The molecule has 21 heavy (non-hydrogen) atoms. The Morgan fingerprint density at radius 3 is 2.67 bits per heavy atom. The molecule has 2 aromatic carbocycles. The molecule has 104 valence electrons. The minimum Gasteiger partial charge on any atom is -0.497 e. The second-order valence-corrected chi connectivity index (χ2v) is 4.59. The van der Waals surface area contributed by atoms with E-state index in [-0.39, 0.29) is 5.91 Å². The van der Waals surface area contributed by atoms with Gasteiger partial charge in [0.05, 0.1) is 7.11 Å². The fourth-order valence-corrected chi connectivity index (χ4v) is 2.08. The molecule has 0 bridgehead atoms. The van der Waals surface area contributed by atoms with Crippen LogP contribution < -0.4 is 10.1 Å². The van der Waals surface area contributed by atoms with Crippen LogP contribution in [0.1, 0.15) is 11.1 Å². The van der Waals surface area contributed by atoms with Crippen LogP contribution in [0, 0.1) is 0 Å². The monoisotopic (exact) mass is 278 g/mol. The zero-order chi connectivity index (χ0) is 14.7. The van der Waals surface area contributed by atoms with E-state index in [0.717, 1.165) is 16.9 Å². The van der Waals surface area contributed by atoms with Crippen LogP contribution in [-0.2, 0) is 4.79 Å². The lowest BCUT2D eigenvalue weighted by molar-refractivity contribution is -0.115. The summed E-state index contributed by atoms with van der Waals surface area (Å²) in [6.07, 6.45) is 1.77. The van der Waals surface area contributed by atoms with E-state index < -0.39 is 0 Å². The molecule has 0 aromatic heterocycles. The van der Waals surface area contributed by atoms with Crippen LogP contribution in [0.15, 0.2) is 65.3 Å². The average Bonchev–Trinajstić information content (AvgIpc) is 2.89. The smallest absolute Gasteiger partial charge is 0.275 e. The van der Waals surface area contributed by atoms with Crippen LogP contribution in [0.25, 0.3) is 6.08 Å². The van der Waals surface area contributed by atoms with E-state index in [9.17, 15) is 4.79 Å². The predicted molar refractivity (Wildman–Crippen MR) is 82.1 cm³/mol. The summed E-state index contributed by atoms with van der Waals surface area (Å²) in [6.45, 7) is 0. The predicted octanol–water partition coefficient (Wildman–Crippen LogP) is 2.61. The highest BCUT2D eigenvalue weighted by atomic mass is 16.5. The largest absolute Gasteiger partial charge is 0.497 e. The van der Waals surface area contributed by atoms with E-state index in [4.69, 9.17) is 4.74 Å². The highest BCUT2D eigenvalue weighted by molar-refractivity contribution is 6.19. The summed E-state index contributed by atoms with van der Waals surface area (Å²) in [4.78, 5) is 16.4. The van der Waals surface area contributed by atoms with Gasteiger partial charge in [0.2, 0.25) is 0 Å². The van der Waals surface area contributed by atoms with E-state index in [1.54, 1.807) is 13.2 Å². The third-order valence-electron chi connectivity index (χ3n) is 3.14. The van der Waals surface area contributed by atoms with Crippen molar-refractivity contribution in [2.45, 2.75) is 0 Å². The molecule has 4 heteroatoms. The summed E-state index contributed by atoms with van der Waals surface area (Å²) in [6, 6.07) is 17.1. The molecular weight excluding hydrogens is 264 g/mol. The molecule has 0 saturated carbocycles. The molecule has 1 N–H and O–H groups in total. The normalized spacial score (nSPS) is 15.8. The highest BCUT2D eigenvalue weighted by Crippen LogP contribution is 2.18. The highest BCUT2D eigenvalue weighted by Gasteiger charge is 2.21. The van der Waals surface area contributed by atoms with Gasteiger partial charge in [-0.1, -0.05) is 42.5 Å². The van der Waals surface area contributed by atoms with Crippen molar-refractivity contribution in [1.29, 1.82) is 0 Å². The lowest BCUT2D eigenvalue weighted by Gasteiger charge is -2.03. The Balaban J connectivity index is 1.93. The molecule has 0 unspecified atom stereocenters. The zero-order valence-electron chi connectivity index (χ0n) is 11.5. The molecule has 1 amide bonds. The van der Waals surface area contributed by atoms with Gasteiger partial charge in [-0.2, -0.15) is 0 Å². The Kier molecular flexibility index (Phi) is 3.51. The van der Waals surface area contributed by atoms with E-state index in [2.05, 4.69) is 10.3 Å². The minimum absolute atomic E-state index is 0.198. The number of nitrogens with zero attached hydrogens (tertiary/aromatic N) is 1. The Morgan fingerprint density at radius 1 is 1.10 bits per heavy atom. The van der Waals surface area contributed by atoms with Crippen LogP contribution in [0.5, 0.6) is 5.75 Å². The summed E-state index contributed by atoms with van der Waals surface area (Å²) in [5.74, 6) is 1.07. The number of hydrogen-bond donors (Lipinski definition) is 1. The standard InChI is InChI=1S/C17H14N2O2/c1-21-14-9-5-8-13(11-14)16-18-15(17(20)19-16)10-12-6-3-2-4-7-12/h2-11H,1H3,(H,18,19,20)/b15-10+. The van der Waals surface area contributed by atoms with Crippen molar-refractivity contribution >= 4 is 17.8 Å². The van der Waals surface area contributed by atoms with Crippen molar-refractivity contribution in [1.82, 2.24) is 5.32 Å². The molecular formula is C17H14N2O2. The molecule has 0 atom stereocenters. The molecule has 4 nitrogen and oxygen atoms in total. The second-order valence-electron chi connectivity index (χ2n) is 4.59. The summed E-state index contributed by atoms with van der Waals surface area (Å²) in [5, 5.41) is 2.78. The molecule has 0 radical (unpaired) electrons. The maximum absolute atomic E-state index is 12.0. The van der Waals surface area contributed by atoms with E-state index in [0.29, 0.717) is 11.5 Å². The number of methoxy groups -OCH3 is 1. The van der Waals surface area contributed by atoms with Crippen molar-refractivity contribution in [3.63, 3.8) is 0 Å². The number of ether oxygens (including phenoxy) is 1. The lowest BCUT2D eigenvalue weighted by atomic mass is 10.2. The van der Waals surface area contributed by atoms with Gasteiger partial charge in [0.1, 0.15) is 17.3 Å². The number of nitrogens with one attached hydrogen (secondary N) is 1. The van der Waals surface area contributed by atoms with Crippen molar-refractivity contribution in [3.05, 3.63) is 71.4 Å². The van der Waals surface area contributed by atoms with Crippen molar-refractivity contribution in [3.8, 4) is 5.75 Å². The second kappa shape index (κ2) is 5.63. The van der Waals surface area contributed by atoms with Crippen molar-refractivity contribution in [2.24, 2.45) is 4.99 Å². The third-order valence-corrected chi connectivity index (χ3v) is 3.14. The van der Waals surface area contributed by atoms with Gasteiger partial charge in [0.15, 0.2) is 0 Å². The van der Waals surface area contributed by atoms with Crippen LogP contribution in [0.2, 0.25) is 0 Å². The van der Waals surface area contributed by atoms with Crippen LogP contribution in [-0.4, -0.2) is 18.9 Å². The first-order chi connectivity index (χ1) is 10.3. The summed E-state index contributed by atoms with van der Waals surface area (Å²) < 4.78 is 5.18. The maximum Gasteiger partial charge on any atom is 0.275 e. The lowest BCUT2D eigenvalue weighted by Crippen LogP contribution is -2.24. The van der Waals surface area contributed by atoms with Gasteiger partial charge >= 0.3 is 0 Å². The first kappa shape index (κ1) is 13.1. The Labute approximate surface area is 122 Å². The summed E-state index contributed by atoms with van der Waals surface area (Å²) in [7, 11) is 1.61. The SMILES string of the molecule is COc1cccc(C2=N/C(=C/c3ccccc3)C(=O)N2)c1. The van der Waals surface area contributed by atoms with Gasteiger partial charge in [0.25, 0.3) is 5.91 Å². The van der Waals surface area contributed by atoms with Crippen LogP contribution >= 0.6 is 0 Å². The Bertz CT molecular complexity index is 733. The topological polar surface area (TPSA) is 50.7 Å². The molecule has 1 heterocycles. The quantitative estimate of drug-likeness (QED) is 0.877. The third kappa shape index (κ3) is 2.84. The summed E-state index contributed by atoms with van der Waals surface area (Å²) in [5.41, 5.74) is 2.16. The fraction of sp³-hybridized carbons (Fsp3) is 0.0588.